The predicted octanol–water partition coefficient (Wildman–Crippen LogP) is 6.05. The first kappa shape index (κ1) is 15.2. The molecule has 0 N–H and O–H groups in total. The van der Waals surface area contributed by atoms with Crippen molar-refractivity contribution in [3.8, 4) is 0 Å². The second-order valence-corrected chi connectivity index (χ2v) is 7.38. The van der Waals surface area contributed by atoms with Crippen LogP contribution < -0.4 is 0 Å². The van der Waals surface area contributed by atoms with E-state index >= 15 is 0 Å². The van der Waals surface area contributed by atoms with Gasteiger partial charge in [-0.2, -0.15) is 0 Å². The molecule has 0 heterocycles. The zero-order chi connectivity index (χ0) is 16.7. The summed E-state index contributed by atoms with van der Waals surface area (Å²) < 4.78 is 0. The third-order valence-electron chi connectivity index (χ3n) is 5.68. The van der Waals surface area contributed by atoms with Crippen molar-refractivity contribution in [2.45, 2.75) is 32.6 Å². The normalized spacial score (nSPS) is 19.2. The second kappa shape index (κ2) is 5.63. The lowest BCUT2D eigenvalue weighted by Crippen LogP contribution is -2.32. The Labute approximate surface area is 145 Å². The SMILES string of the molecule is Cc1ccc(C(C)(c2ccc(C)cc2)C2C=CC=CC3=C2C3)cc1. The topological polar surface area (TPSA) is 0 Å². The van der Waals surface area contributed by atoms with Crippen molar-refractivity contribution in [2.75, 3.05) is 0 Å². The van der Waals surface area contributed by atoms with Crippen LogP contribution in [-0.4, -0.2) is 0 Å². The van der Waals surface area contributed by atoms with Crippen LogP contribution >= 0.6 is 0 Å². The summed E-state index contributed by atoms with van der Waals surface area (Å²) in [6, 6.07) is 18.2. The van der Waals surface area contributed by atoms with E-state index in [0.717, 1.165) is 0 Å². The van der Waals surface area contributed by atoms with E-state index < -0.39 is 0 Å². The van der Waals surface area contributed by atoms with Crippen molar-refractivity contribution in [1.82, 2.24) is 0 Å². The molecule has 120 valence electrons. The molecule has 0 spiro atoms. The van der Waals surface area contributed by atoms with Gasteiger partial charge in [0.1, 0.15) is 0 Å². The van der Waals surface area contributed by atoms with E-state index in [-0.39, 0.29) is 5.41 Å². The van der Waals surface area contributed by atoms with Crippen molar-refractivity contribution in [3.05, 3.63) is 106 Å². The van der Waals surface area contributed by atoms with E-state index in [2.05, 4.69) is 93.6 Å². The summed E-state index contributed by atoms with van der Waals surface area (Å²) in [5.74, 6) is 0.424. The van der Waals surface area contributed by atoms with Gasteiger partial charge in [0.15, 0.2) is 0 Å². The number of allylic oxidation sites excluding steroid dienone is 6. The molecule has 2 aliphatic rings. The number of rotatable bonds is 3. The van der Waals surface area contributed by atoms with Crippen LogP contribution in [0.25, 0.3) is 0 Å². The van der Waals surface area contributed by atoms with Gasteiger partial charge in [-0.1, -0.05) is 96.5 Å². The molecule has 0 amide bonds. The molecular formula is C24H24. The molecule has 0 bridgehead atoms. The van der Waals surface area contributed by atoms with Gasteiger partial charge < -0.3 is 0 Å². The van der Waals surface area contributed by atoms with Gasteiger partial charge >= 0.3 is 0 Å². The summed E-state index contributed by atoms with van der Waals surface area (Å²) in [6.45, 7) is 6.72. The van der Waals surface area contributed by atoms with Crippen LogP contribution in [0.1, 0.15) is 35.6 Å². The third-order valence-corrected chi connectivity index (χ3v) is 5.68. The highest BCUT2D eigenvalue weighted by atomic mass is 14.5. The fourth-order valence-corrected chi connectivity index (χ4v) is 3.97. The Hall–Kier alpha value is -2.34. The van der Waals surface area contributed by atoms with Crippen LogP contribution in [0.2, 0.25) is 0 Å². The summed E-state index contributed by atoms with van der Waals surface area (Å²) >= 11 is 0. The van der Waals surface area contributed by atoms with Crippen molar-refractivity contribution < 1.29 is 0 Å². The van der Waals surface area contributed by atoms with Crippen LogP contribution in [-0.2, 0) is 5.41 Å². The van der Waals surface area contributed by atoms with E-state index in [1.54, 1.807) is 5.57 Å². The third kappa shape index (κ3) is 2.47. The first-order valence-electron chi connectivity index (χ1n) is 8.80. The van der Waals surface area contributed by atoms with E-state index in [1.807, 2.05) is 0 Å². The van der Waals surface area contributed by atoms with Gasteiger partial charge in [-0.25, -0.2) is 0 Å². The minimum Gasteiger partial charge on any atom is -0.0761 e. The lowest BCUT2D eigenvalue weighted by Gasteiger charge is -2.37. The Morgan fingerprint density at radius 1 is 0.792 bits per heavy atom. The molecule has 2 aromatic rings. The maximum atomic E-state index is 2.41. The molecule has 2 aliphatic carbocycles. The molecule has 1 unspecified atom stereocenters. The highest BCUT2D eigenvalue weighted by Gasteiger charge is 2.42. The lowest BCUT2D eigenvalue weighted by molar-refractivity contribution is 0.472. The first-order chi connectivity index (χ1) is 11.6. The van der Waals surface area contributed by atoms with Gasteiger partial charge in [-0.3, -0.25) is 0 Å². The minimum absolute atomic E-state index is 0.0407. The molecule has 0 saturated heterocycles. The van der Waals surface area contributed by atoms with Crippen molar-refractivity contribution in [2.24, 2.45) is 5.92 Å². The molecule has 0 heteroatoms. The summed E-state index contributed by atoms with van der Waals surface area (Å²) in [5.41, 5.74) is 8.50. The van der Waals surface area contributed by atoms with Gasteiger partial charge in [-0.15, -0.1) is 0 Å². The fraction of sp³-hybridized carbons (Fsp3) is 0.250. The number of benzene rings is 2. The average Bonchev–Trinajstić information content (AvgIpc) is 3.35. The Kier molecular flexibility index (Phi) is 3.57. The smallest absolute Gasteiger partial charge is 0.0274 e. The second-order valence-electron chi connectivity index (χ2n) is 7.38. The Bertz CT molecular complexity index is 796. The van der Waals surface area contributed by atoms with Crippen LogP contribution in [0.5, 0.6) is 0 Å². The van der Waals surface area contributed by atoms with E-state index in [4.69, 9.17) is 0 Å². The lowest BCUT2D eigenvalue weighted by atomic mass is 9.66. The zero-order valence-electron chi connectivity index (χ0n) is 14.7. The van der Waals surface area contributed by atoms with Gasteiger partial charge in [0.05, 0.1) is 0 Å². The minimum atomic E-state index is -0.0407. The largest absolute Gasteiger partial charge is 0.0761 e. The Morgan fingerprint density at radius 3 is 1.88 bits per heavy atom. The number of hydrogen-bond acceptors (Lipinski definition) is 0. The summed E-state index contributed by atoms with van der Waals surface area (Å²) in [5, 5.41) is 0. The standard InChI is InChI=1S/C24H24/c1-17-8-12-20(13-9-17)24(3,21-14-10-18(2)11-15-21)23-7-5-4-6-19-16-22(19)23/h4-15,23H,16H2,1-3H3. The monoisotopic (exact) mass is 312 g/mol. The molecule has 0 aromatic heterocycles. The maximum Gasteiger partial charge on any atom is 0.0274 e. The van der Waals surface area contributed by atoms with Crippen LogP contribution in [0.4, 0.5) is 0 Å². The molecule has 0 aliphatic heterocycles. The molecule has 4 rings (SSSR count). The van der Waals surface area contributed by atoms with Gasteiger partial charge in [0.25, 0.3) is 0 Å². The van der Waals surface area contributed by atoms with Crippen molar-refractivity contribution in [1.29, 1.82) is 0 Å². The Balaban J connectivity index is 1.89. The predicted molar refractivity (Wildman–Crippen MR) is 102 cm³/mol. The van der Waals surface area contributed by atoms with Crippen LogP contribution in [0.3, 0.4) is 0 Å². The molecular weight excluding hydrogens is 288 g/mol. The number of hydrogen-bond donors (Lipinski definition) is 0. The van der Waals surface area contributed by atoms with Crippen LogP contribution in [0.15, 0.2) is 84.0 Å². The van der Waals surface area contributed by atoms with Gasteiger partial charge in [0, 0.05) is 11.3 Å². The molecule has 2 aromatic carbocycles. The van der Waals surface area contributed by atoms with Crippen LogP contribution in [0, 0.1) is 19.8 Å². The first-order valence-corrected chi connectivity index (χ1v) is 8.80. The quantitative estimate of drug-likeness (QED) is 0.647. The molecule has 0 saturated carbocycles. The highest BCUT2D eigenvalue weighted by Crippen LogP contribution is 2.51. The Morgan fingerprint density at radius 2 is 1.33 bits per heavy atom. The molecule has 0 radical (unpaired) electrons. The summed E-state index contributed by atoms with van der Waals surface area (Å²) in [6.07, 6.45) is 10.2. The van der Waals surface area contributed by atoms with E-state index in [1.165, 1.54) is 34.2 Å². The fourth-order valence-electron chi connectivity index (χ4n) is 3.97. The average molecular weight is 312 g/mol. The molecule has 24 heavy (non-hydrogen) atoms. The van der Waals surface area contributed by atoms with E-state index in [9.17, 15) is 0 Å². The van der Waals surface area contributed by atoms with Gasteiger partial charge in [0.2, 0.25) is 0 Å². The summed E-state index contributed by atoms with van der Waals surface area (Å²) in [7, 11) is 0. The zero-order valence-corrected chi connectivity index (χ0v) is 14.7. The molecule has 1 atom stereocenters. The van der Waals surface area contributed by atoms with Crippen molar-refractivity contribution in [3.63, 3.8) is 0 Å². The van der Waals surface area contributed by atoms with Gasteiger partial charge in [-0.05, 0) is 37.0 Å². The highest BCUT2D eigenvalue weighted by molar-refractivity contribution is 5.55. The van der Waals surface area contributed by atoms with Crippen molar-refractivity contribution >= 4 is 0 Å². The summed E-state index contributed by atoms with van der Waals surface area (Å²) in [4.78, 5) is 0. The molecule has 0 nitrogen and oxygen atoms in total. The maximum absolute atomic E-state index is 2.41. The number of aryl methyl sites for hydroxylation is 2. The molecule has 0 fully saturated rings. The van der Waals surface area contributed by atoms with E-state index in [0.29, 0.717) is 5.92 Å².